The number of carbonyl (C=O) groups is 1. The second-order valence-corrected chi connectivity index (χ2v) is 6.34. The summed E-state index contributed by atoms with van der Waals surface area (Å²) >= 11 is 0. The molecule has 122 valence electrons. The average molecular weight is 312 g/mol. The maximum Gasteiger partial charge on any atom is 0.234 e. The monoisotopic (exact) mass is 312 g/mol. The van der Waals surface area contributed by atoms with Crippen LogP contribution in [0.15, 0.2) is 42.5 Å². The molecule has 23 heavy (non-hydrogen) atoms. The summed E-state index contributed by atoms with van der Waals surface area (Å²) in [4.78, 5) is 14.3. The molecule has 0 saturated carbocycles. The van der Waals surface area contributed by atoms with Crippen LogP contribution in [-0.4, -0.2) is 41.7 Å². The van der Waals surface area contributed by atoms with E-state index in [1.807, 2.05) is 19.1 Å². The molecule has 4 nitrogen and oxygen atoms in total. The van der Waals surface area contributed by atoms with Crippen molar-refractivity contribution >= 4 is 16.7 Å². The Balaban J connectivity index is 1.63. The summed E-state index contributed by atoms with van der Waals surface area (Å²) < 4.78 is 0. The highest BCUT2D eigenvalue weighted by atomic mass is 16.3. The van der Waals surface area contributed by atoms with E-state index in [4.69, 9.17) is 0 Å². The lowest BCUT2D eigenvalue weighted by molar-refractivity contribution is -0.123. The topological polar surface area (TPSA) is 52.6 Å². The van der Waals surface area contributed by atoms with Crippen LogP contribution in [0.25, 0.3) is 10.8 Å². The van der Waals surface area contributed by atoms with Gasteiger partial charge in [-0.15, -0.1) is 0 Å². The van der Waals surface area contributed by atoms with Gasteiger partial charge in [0.1, 0.15) is 0 Å². The minimum atomic E-state index is -0.0257. The summed E-state index contributed by atoms with van der Waals surface area (Å²) in [5, 5.41) is 14.8. The van der Waals surface area contributed by atoms with E-state index in [9.17, 15) is 9.90 Å². The van der Waals surface area contributed by atoms with Gasteiger partial charge in [-0.2, -0.15) is 0 Å². The van der Waals surface area contributed by atoms with Gasteiger partial charge in [0.15, 0.2) is 0 Å². The SMILES string of the molecule is CC(NC(=O)CN1CCC[C@@H]1CO)c1ccc2ccccc2c1. The van der Waals surface area contributed by atoms with Crippen molar-refractivity contribution < 1.29 is 9.90 Å². The maximum absolute atomic E-state index is 12.3. The van der Waals surface area contributed by atoms with E-state index in [2.05, 4.69) is 40.5 Å². The molecule has 1 unspecified atom stereocenters. The molecule has 0 aromatic heterocycles. The lowest BCUT2D eigenvalue weighted by Crippen LogP contribution is -2.41. The average Bonchev–Trinajstić information content (AvgIpc) is 3.01. The molecule has 1 aliphatic rings. The van der Waals surface area contributed by atoms with Crippen molar-refractivity contribution in [2.24, 2.45) is 0 Å². The molecule has 4 heteroatoms. The number of aliphatic hydroxyl groups is 1. The Morgan fingerprint density at radius 3 is 2.87 bits per heavy atom. The van der Waals surface area contributed by atoms with Crippen molar-refractivity contribution in [1.82, 2.24) is 10.2 Å². The molecule has 2 aromatic rings. The maximum atomic E-state index is 12.3. The van der Waals surface area contributed by atoms with Gasteiger partial charge in [0.2, 0.25) is 5.91 Å². The summed E-state index contributed by atoms with van der Waals surface area (Å²) in [7, 11) is 0. The molecule has 1 heterocycles. The second kappa shape index (κ2) is 7.11. The van der Waals surface area contributed by atoms with Gasteiger partial charge in [0.25, 0.3) is 0 Å². The van der Waals surface area contributed by atoms with Gasteiger partial charge in [-0.05, 0) is 48.7 Å². The number of benzene rings is 2. The lowest BCUT2D eigenvalue weighted by Gasteiger charge is -2.23. The molecular weight excluding hydrogens is 288 g/mol. The first-order chi connectivity index (χ1) is 11.2. The Hall–Kier alpha value is -1.91. The number of carbonyl (C=O) groups excluding carboxylic acids is 1. The van der Waals surface area contributed by atoms with Gasteiger partial charge in [0.05, 0.1) is 19.2 Å². The molecule has 1 saturated heterocycles. The molecule has 0 radical (unpaired) electrons. The van der Waals surface area contributed by atoms with Crippen molar-refractivity contribution in [2.45, 2.75) is 31.8 Å². The normalized spacial score (nSPS) is 19.8. The summed E-state index contributed by atoms with van der Waals surface area (Å²) in [6, 6.07) is 14.6. The van der Waals surface area contributed by atoms with Crippen LogP contribution in [0.5, 0.6) is 0 Å². The Bertz CT molecular complexity index is 686. The van der Waals surface area contributed by atoms with Gasteiger partial charge in [0, 0.05) is 6.04 Å². The number of rotatable bonds is 5. The largest absolute Gasteiger partial charge is 0.395 e. The van der Waals surface area contributed by atoms with Crippen molar-refractivity contribution in [3.63, 3.8) is 0 Å². The highest BCUT2D eigenvalue weighted by Gasteiger charge is 2.25. The number of aliphatic hydroxyl groups excluding tert-OH is 1. The Labute approximate surface area is 137 Å². The van der Waals surface area contributed by atoms with Crippen LogP contribution >= 0.6 is 0 Å². The molecule has 1 fully saturated rings. The minimum Gasteiger partial charge on any atom is -0.395 e. The molecular formula is C19H24N2O2. The van der Waals surface area contributed by atoms with Crippen molar-refractivity contribution in [3.05, 3.63) is 48.0 Å². The van der Waals surface area contributed by atoms with Crippen LogP contribution in [-0.2, 0) is 4.79 Å². The van der Waals surface area contributed by atoms with Crippen LogP contribution in [0.3, 0.4) is 0 Å². The number of hydrogen-bond donors (Lipinski definition) is 2. The van der Waals surface area contributed by atoms with E-state index in [-0.39, 0.29) is 24.6 Å². The zero-order chi connectivity index (χ0) is 16.2. The quantitative estimate of drug-likeness (QED) is 0.892. The predicted molar refractivity (Wildman–Crippen MR) is 92.2 cm³/mol. The molecule has 2 atom stereocenters. The molecule has 0 aliphatic carbocycles. The van der Waals surface area contributed by atoms with Gasteiger partial charge >= 0.3 is 0 Å². The number of hydrogen-bond acceptors (Lipinski definition) is 3. The highest BCUT2D eigenvalue weighted by molar-refractivity contribution is 5.83. The van der Waals surface area contributed by atoms with Crippen LogP contribution in [0.4, 0.5) is 0 Å². The third kappa shape index (κ3) is 3.71. The molecule has 0 bridgehead atoms. The third-order valence-electron chi connectivity index (χ3n) is 4.71. The molecule has 3 rings (SSSR count). The first kappa shape index (κ1) is 16.0. The van der Waals surface area contributed by atoms with Crippen molar-refractivity contribution in [3.8, 4) is 0 Å². The van der Waals surface area contributed by atoms with Crippen LogP contribution in [0.2, 0.25) is 0 Å². The van der Waals surface area contributed by atoms with E-state index in [1.165, 1.54) is 10.8 Å². The first-order valence-corrected chi connectivity index (χ1v) is 8.30. The zero-order valence-electron chi connectivity index (χ0n) is 13.5. The summed E-state index contributed by atoms with van der Waals surface area (Å²) in [6.07, 6.45) is 2.03. The fraction of sp³-hybridized carbons (Fsp3) is 0.421. The fourth-order valence-corrected chi connectivity index (χ4v) is 3.34. The number of fused-ring (bicyclic) bond motifs is 1. The fourth-order valence-electron chi connectivity index (χ4n) is 3.34. The third-order valence-corrected chi connectivity index (χ3v) is 4.71. The van der Waals surface area contributed by atoms with Crippen molar-refractivity contribution in [2.75, 3.05) is 19.7 Å². The van der Waals surface area contributed by atoms with Gasteiger partial charge in [-0.25, -0.2) is 0 Å². The number of likely N-dealkylation sites (tertiary alicyclic amines) is 1. The Morgan fingerprint density at radius 2 is 2.09 bits per heavy atom. The molecule has 2 N–H and O–H groups in total. The highest BCUT2D eigenvalue weighted by Crippen LogP contribution is 2.20. The van der Waals surface area contributed by atoms with Crippen LogP contribution in [0.1, 0.15) is 31.4 Å². The van der Waals surface area contributed by atoms with Gasteiger partial charge in [-0.3, -0.25) is 9.69 Å². The lowest BCUT2D eigenvalue weighted by atomic mass is 10.0. The van der Waals surface area contributed by atoms with Crippen molar-refractivity contribution in [1.29, 1.82) is 0 Å². The molecule has 1 amide bonds. The second-order valence-electron chi connectivity index (χ2n) is 6.34. The van der Waals surface area contributed by atoms with Gasteiger partial charge < -0.3 is 10.4 Å². The Morgan fingerprint density at radius 1 is 1.30 bits per heavy atom. The summed E-state index contributed by atoms with van der Waals surface area (Å²) in [5.74, 6) is 0.0195. The predicted octanol–water partition coefficient (Wildman–Crippen LogP) is 2.47. The van der Waals surface area contributed by atoms with E-state index in [1.54, 1.807) is 0 Å². The van der Waals surface area contributed by atoms with Gasteiger partial charge in [-0.1, -0.05) is 36.4 Å². The smallest absolute Gasteiger partial charge is 0.234 e. The molecule has 1 aliphatic heterocycles. The molecule has 2 aromatic carbocycles. The van der Waals surface area contributed by atoms with E-state index < -0.39 is 0 Å². The number of nitrogens with one attached hydrogen (secondary N) is 1. The van der Waals surface area contributed by atoms with Crippen LogP contribution < -0.4 is 5.32 Å². The number of amides is 1. The van der Waals surface area contributed by atoms with Crippen LogP contribution in [0, 0.1) is 0 Å². The first-order valence-electron chi connectivity index (χ1n) is 8.30. The van der Waals surface area contributed by atoms with E-state index >= 15 is 0 Å². The zero-order valence-corrected chi connectivity index (χ0v) is 13.5. The van der Waals surface area contributed by atoms with E-state index in [0.29, 0.717) is 6.54 Å². The molecule has 0 spiro atoms. The summed E-state index contributed by atoms with van der Waals surface area (Å²) in [5.41, 5.74) is 1.11. The standard InChI is InChI=1S/C19H24N2O2/c1-14(16-9-8-15-5-2-3-6-17(15)11-16)20-19(23)12-21-10-4-7-18(21)13-22/h2-3,5-6,8-9,11,14,18,22H,4,7,10,12-13H2,1H3,(H,20,23)/t14?,18-/m1/s1. The summed E-state index contributed by atoms with van der Waals surface area (Å²) in [6.45, 7) is 3.40. The number of nitrogens with zero attached hydrogens (tertiary/aromatic N) is 1. The Kier molecular flexibility index (Phi) is 4.94. The van der Waals surface area contributed by atoms with E-state index in [0.717, 1.165) is 24.9 Å². The minimum absolute atomic E-state index is 0.0195.